The van der Waals surface area contributed by atoms with E-state index in [2.05, 4.69) is 26.6 Å². The van der Waals surface area contributed by atoms with E-state index in [0.29, 0.717) is 23.9 Å². The van der Waals surface area contributed by atoms with Crippen molar-refractivity contribution in [2.45, 2.75) is 20.8 Å². The molecule has 0 aliphatic rings. The summed E-state index contributed by atoms with van der Waals surface area (Å²) in [4.78, 5) is 4.14. The fourth-order valence-electron chi connectivity index (χ4n) is 1.66. The third-order valence-corrected chi connectivity index (χ3v) is 2.86. The van der Waals surface area contributed by atoms with Crippen LogP contribution in [0.5, 0.6) is 5.88 Å². The second kappa shape index (κ2) is 5.97. The van der Waals surface area contributed by atoms with Crippen molar-refractivity contribution in [3.05, 3.63) is 35.2 Å². The predicted molar refractivity (Wildman–Crippen MR) is 74.9 cm³/mol. The molecule has 2 heterocycles. The molecule has 0 aliphatic carbocycles. The molecule has 0 unspecified atom stereocenters. The van der Waals surface area contributed by atoms with Crippen LogP contribution < -0.4 is 10.1 Å². The molecule has 0 aromatic carbocycles. The van der Waals surface area contributed by atoms with Crippen LogP contribution in [0.15, 0.2) is 18.3 Å². The Bertz CT molecular complexity index is 646. The highest BCUT2D eigenvalue weighted by molar-refractivity contribution is 5.63. The number of nitrogens with zero attached hydrogens (tertiary/aromatic N) is 4. The molecule has 0 fully saturated rings. The topological polar surface area (TPSA) is 83.7 Å². The van der Waals surface area contributed by atoms with E-state index < -0.39 is 0 Å². The molecule has 0 saturated heterocycles. The van der Waals surface area contributed by atoms with Crippen LogP contribution in [0.1, 0.15) is 23.7 Å². The second-order valence-corrected chi connectivity index (χ2v) is 4.19. The Balaban J connectivity index is 2.26. The number of anilines is 2. The summed E-state index contributed by atoms with van der Waals surface area (Å²) in [5, 5.41) is 20.3. The molecule has 20 heavy (non-hydrogen) atoms. The highest BCUT2D eigenvalue weighted by atomic mass is 16.5. The van der Waals surface area contributed by atoms with Gasteiger partial charge in [-0.05, 0) is 32.4 Å². The van der Waals surface area contributed by atoms with E-state index in [9.17, 15) is 5.26 Å². The van der Waals surface area contributed by atoms with Crippen LogP contribution in [-0.2, 0) is 0 Å². The Labute approximate surface area is 117 Å². The fourth-order valence-corrected chi connectivity index (χ4v) is 1.66. The first-order valence-corrected chi connectivity index (χ1v) is 6.25. The summed E-state index contributed by atoms with van der Waals surface area (Å²) < 4.78 is 5.27. The minimum absolute atomic E-state index is 0.432. The van der Waals surface area contributed by atoms with Gasteiger partial charge in [0.1, 0.15) is 11.6 Å². The van der Waals surface area contributed by atoms with Gasteiger partial charge in [-0.2, -0.15) is 10.4 Å². The molecule has 0 atom stereocenters. The van der Waals surface area contributed by atoms with Crippen LogP contribution in [0.4, 0.5) is 11.5 Å². The maximum Gasteiger partial charge on any atom is 0.213 e. The number of aromatic nitrogens is 3. The average molecular weight is 269 g/mol. The van der Waals surface area contributed by atoms with Gasteiger partial charge in [0.2, 0.25) is 5.88 Å². The normalized spacial score (nSPS) is 9.90. The number of ether oxygens (including phenoxy) is 1. The Kier molecular flexibility index (Phi) is 4.11. The number of nitriles is 1. The van der Waals surface area contributed by atoms with Crippen LogP contribution in [0, 0.1) is 25.2 Å². The molecule has 1 N–H and O–H groups in total. The first kappa shape index (κ1) is 13.7. The highest BCUT2D eigenvalue weighted by Crippen LogP contribution is 2.21. The SMILES string of the molecule is CCOc1ccc(Nc2nnc(C)c(C)c2C#N)cn1. The van der Waals surface area contributed by atoms with Crippen LogP contribution in [0.3, 0.4) is 0 Å². The minimum atomic E-state index is 0.432. The van der Waals surface area contributed by atoms with Gasteiger partial charge in [-0.25, -0.2) is 4.98 Å². The van der Waals surface area contributed by atoms with E-state index >= 15 is 0 Å². The molecule has 0 bridgehead atoms. The van der Waals surface area contributed by atoms with Crippen molar-refractivity contribution in [2.24, 2.45) is 0 Å². The zero-order chi connectivity index (χ0) is 14.5. The van der Waals surface area contributed by atoms with Gasteiger partial charge >= 0.3 is 0 Å². The van der Waals surface area contributed by atoms with E-state index in [1.54, 1.807) is 12.3 Å². The van der Waals surface area contributed by atoms with Gasteiger partial charge in [0.25, 0.3) is 0 Å². The van der Waals surface area contributed by atoms with E-state index in [0.717, 1.165) is 16.9 Å². The van der Waals surface area contributed by atoms with Gasteiger partial charge in [-0.15, -0.1) is 5.10 Å². The lowest BCUT2D eigenvalue weighted by Gasteiger charge is -2.09. The third kappa shape index (κ3) is 2.83. The standard InChI is InChI=1S/C14H15N5O/c1-4-20-13-6-5-11(8-16-13)17-14-12(7-15)9(2)10(3)18-19-14/h5-6,8H,4H2,1-3H3,(H,17,19). The Morgan fingerprint density at radius 2 is 2.10 bits per heavy atom. The summed E-state index contributed by atoms with van der Waals surface area (Å²) >= 11 is 0. The molecule has 2 aromatic rings. The summed E-state index contributed by atoms with van der Waals surface area (Å²) in [6.07, 6.45) is 1.63. The molecule has 6 nitrogen and oxygen atoms in total. The van der Waals surface area contributed by atoms with Crippen molar-refractivity contribution in [3.8, 4) is 11.9 Å². The fraction of sp³-hybridized carbons (Fsp3) is 0.286. The third-order valence-electron chi connectivity index (χ3n) is 2.86. The van der Waals surface area contributed by atoms with Crippen LogP contribution in [0.25, 0.3) is 0 Å². The monoisotopic (exact) mass is 269 g/mol. The van der Waals surface area contributed by atoms with E-state index in [1.165, 1.54) is 0 Å². The highest BCUT2D eigenvalue weighted by Gasteiger charge is 2.11. The maximum absolute atomic E-state index is 9.22. The smallest absolute Gasteiger partial charge is 0.213 e. The van der Waals surface area contributed by atoms with Gasteiger partial charge in [0.05, 0.1) is 24.2 Å². The van der Waals surface area contributed by atoms with E-state index in [1.807, 2.05) is 26.8 Å². The van der Waals surface area contributed by atoms with Crippen molar-refractivity contribution in [1.82, 2.24) is 15.2 Å². The first-order valence-electron chi connectivity index (χ1n) is 6.25. The van der Waals surface area contributed by atoms with Crippen molar-refractivity contribution < 1.29 is 4.74 Å². The Morgan fingerprint density at radius 1 is 1.30 bits per heavy atom. The lowest BCUT2D eigenvalue weighted by Crippen LogP contribution is -2.04. The zero-order valence-electron chi connectivity index (χ0n) is 11.6. The lowest BCUT2D eigenvalue weighted by atomic mass is 10.1. The summed E-state index contributed by atoms with van der Waals surface area (Å²) in [6.45, 7) is 6.15. The van der Waals surface area contributed by atoms with Crippen molar-refractivity contribution in [1.29, 1.82) is 5.26 Å². The summed E-state index contributed by atoms with van der Waals surface area (Å²) in [7, 11) is 0. The van der Waals surface area contributed by atoms with Gasteiger partial charge in [-0.3, -0.25) is 0 Å². The molecule has 2 aromatic heterocycles. The number of hydrogen-bond acceptors (Lipinski definition) is 6. The minimum Gasteiger partial charge on any atom is -0.478 e. The molecule has 0 saturated carbocycles. The first-order chi connectivity index (χ1) is 9.65. The Hall–Kier alpha value is -2.68. The van der Waals surface area contributed by atoms with E-state index in [-0.39, 0.29) is 0 Å². The number of pyridine rings is 1. The van der Waals surface area contributed by atoms with Gasteiger partial charge in [0, 0.05) is 6.07 Å². The average Bonchev–Trinajstić information content (AvgIpc) is 2.46. The second-order valence-electron chi connectivity index (χ2n) is 4.19. The summed E-state index contributed by atoms with van der Waals surface area (Å²) in [5.74, 6) is 0.992. The van der Waals surface area contributed by atoms with Crippen LogP contribution >= 0.6 is 0 Å². The maximum atomic E-state index is 9.22. The number of rotatable bonds is 4. The van der Waals surface area contributed by atoms with Crippen molar-refractivity contribution >= 4 is 11.5 Å². The molecular formula is C14H15N5O. The number of hydrogen-bond donors (Lipinski definition) is 1. The van der Waals surface area contributed by atoms with E-state index in [4.69, 9.17) is 4.74 Å². The number of aryl methyl sites for hydroxylation is 1. The lowest BCUT2D eigenvalue weighted by molar-refractivity contribution is 0.327. The molecule has 0 spiro atoms. The zero-order valence-corrected chi connectivity index (χ0v) is 11.6. The van der Waals surface area contributed by atoms with Gasteiger partial charge in [0.15, 0.2) is 5.82 Å². The number of nitrogens with one attached hydrogen (secondary N) is 1. The molecule has 0 amide bonds. The molecule has 2 rings (SSSR count). The quantitative estimate of drug-likeness (QED) is 0.918. The predicted octanol–water partition coefficient (Wildman–Crippen LogP) is 2.50. The van der Waals surface area contributed by atoms with Gasteiger partial charge in [-0.1, -0.05) is 0 Å². The molecule has 102 valence electrons. The largest absolute Gasteiger partial charge is 0.478 e. The summed E-state index contributed by atoms with van der Waals surface area (Å²) in [6, 6.07) is 5.72. The molecular weight excluding hydrogens is 254 g/mol. The van der Waals surface area contributed by atoms with Crippen molar-refractivity contribution in [3.63, 3.8) is 0 Å². The summed E-state index contributed by atoms with van der Waals surface area (Å²) in [5.41, 5.74) is 2.79. The Morgan fingerprint density at radius 3 is 2.70 bits per heavy atom. The molecule has 0 aliphatic heterocycles. The van der Waals surface area contributed by atoms with Crippen molar-refractivity contribution in [2.75, 3.05) is 11.9 Å². The molecule has 6 heteroatoms. The van der Waals surface area contributed by atoms with Gasteiger partial charge < -0.3 is 10.1 Å². The molecule has 0 radical (unpaired) electrons. The van der Waals surface area contributed by atoms with Crippen LogP contribution in [-0.4, -0.2) is 21.8 Å². The van der Waals surface area contributed by atoms with Crippen LogP contribution in [0.2, 0.25) is 0 Å².